The van der Waals surface area contributed by atoms with Crippen molar-refractivity contribution in [3.8, 4) is 11.5 Å². The summed E-state index contributed by atoms with van der Waals surface area (Å²) in [5.41, 5.74) is 2.24. The van der Waals surface area contributed by atoms with Gasteiger partial charge in [-0.3, -0.25) is 9.59 Å². The Balaban J connectivity index is 1.77. The fraction of sp³-hybridized carbons (Fsp3) is 0.321. The third-order valence-electron chi connectivity index (χ3n) is 6.12. The van der Waals surface area contributed by atoms with Gasteiger partial charge in [-0.05, 0) is 44.9 Å². The van der Waals surface area contributed by atoms with E-state index in [0.717, 1.165) is 5.56 Å². The van der Waals surface area contributed by atoms with Crippen LogP contribution in [-0.2, 0) is 16.1 Å². The average Bonchev–Trinajstić information content (AvgIpc) is 3.48. The lowest BCUT2D eigenvalue weighted by Crippen LogP contribution is -2.31. The van der Waals surface area contributed by atoms with Crippen molar-refractivity contribution in [3.05, 3.63) is 83.4 Å². The first kappa shape index (κ1) is 25.0. The number of carbonyl (C=O) groups is 2. The molecule has 2 aromatic carbocycles. The number of hydrogen-bond acceptors (Lipinski definition) is 6. The zero-order valence-corrected chi connectivity index (χ0v) is 20.8. The van der Waals surface area contributed by atoms with Gasteiger partial charge in [0, 0.05) is 31.0 Å². The van der Waals surface area contributed by atoms with Gasteiger partial charge < -0.3 is 24.0 Å². The maximum atomic E-state index is 13.3. The summed E-state index contributed by atoms with van der Waals surface area (Å²) < 4.78 is 13.4. The number of ketones is 1. The van der Waals surface area contributed by atoms with Gasteiger partial charge in [0.15, 0.2) is 11.5 Å². The predicted molar refractivity (Wildman–Crippen MR) is 136 cm³/mol. The molecular formula is C28H31N3O5. The van der Waals surface area contributed by atoms with Gasteiger partial charge in [0.25, 0.3) is 11.7 Å². The van der Waals surface area contributed by atoms with Gasteiger partial charge in [0.2, 0.25) is 0 Å². The van der Waals surface area contributed by atoms with E-state index in [1.807, 2.05) is 49.7 Å². The molecule has 1 aliphatic heterocycles. The highest BCUT2D eigenvalue weighted by Gasteiger charge is 2.46. The number of carbonyl (C=O) groups excluding carboxylic acids is 2. The highest BCUT2D eigenvalue weighted by Crippen LogP contribution is 2.42. The fourth-order valence-electron chi connectivity index (χ4n) is 4.40. The van der Waals surface area contributed by atoms with E-state index in [9.17, 15) is 14.7 Å². The number of hydrogen-bond donors (Lipinski definition) is 1. The molecular weight excluding hydrogens is 458 g/mol. The van der Waals surface area contributed by atoms with Crippen molar-refractivity contribution >= 4 is 17.4 Å². The third kappa shape index (κ3) is 5.12. The zero-order valence-electron chi connectivity index (χ0n) is 20.8. The minimum atomic E-state index is -0.760. The van der Waals surface area contributed by atoms with Crippen LogP contribution in [0.3, 0.4) is 0 Å². The Hall–Kier alpha value is -4.07. The molecule has 1 saturated heterocycles. The average molecular weight is 490 g/mol. The van der Waals surface area contributed by atoms with Crippen molar-refractivity contribution in [1.29, 1.82) is 0 Å². The molecule has 0 radical (unpaired) electrons. The predicted octanol–water partition coefficient (Wildman–Crippen LogP) is 4.50. The number of aromatic nitrogens is 2. The molecule has 1 amide bonds. The fourth-order valence-corrected chi connectivity index (χ4v) is 4.40. The summed E-state index contributed by atoms with van der Waals surface area (Å²) in [7, 11) is 0. The summed E-state index contributed by atoms with van der Waals surface area (Å²) in [6, 6.07) is 11.8. The Morgan fingerprint density at radius 2 is 1.72 bits per heavy atom. The van der Waals surface area contributed by atoms with Gasteiger partial charge in [-0.25, -0.2) is 4.98 Å². The van der Waals surface area contributed by atoms with Crippen LogP contribution in [0.2, 0.25) is 0 Å². The number of rotatable bonds is 10. The van der Waals surface area contributed by atoms with E-state index < -0.39 is 17.7 Å². The molecule has 0 bridgehead atoms. The number of likely N-dealkylation sites (tertiary alicyclic amines) is 1. The molecule has 188 valence electrons. The lowest BCUT2D eigenvalue weighted by molar-refractivity contribution is -0.139. The Labute approximate surface area is 210 Å². The monoisotopic (exact) mass is 489 g/mol. The van der Waals surface area contributed by atoms with Gasteiger partial charge in [-0.2, -0.15) is 0 Å². The van der Waals surface area contributed by atoms with E-state index in [4.69, 9.17) is 9.47 Å². The van der Waals surface area contributed by atoms with Gasteiger partial charge in [0.05, 0.1) is 31.2 Å². The summed E-state index contributed by atoms with van der Waals surface area (Å²) in [6.07, 6.45) is 5.87. The van der Waals surface area contributed by atoms with Crippen molar-refractivity contribution < 1.29 is 24.2 Å². The Morgan fingerprint density at radius 1 is 1.00 bits per heavy atom. The molecule has 36 heavy (non-hydrogen) atoms. The molecule has 1 atom stereocenters. The van der Waals surface area contributed by atoms with E-state index in [1.54, 1.807) is 36.8 Å². The number of aliphatic hydroxyl groups excluding tert-OH is 1. The summed E-state index contributed by atoms with van der Waals surface area (Å²) in [5.74, 6) is -0.420. The molecule has 0 spiro atoms. The Bertz CT molecular complexity index is 1250. The molecule has 4 rings (SSSR count). The molecule has 1 fully saturated rings. The molecule has 8 nitrogen and oxygen atoms in total. The number of ether oxygens (including phenoxy) is 2. The molecule has 1 aromatic heterocycles. The normalized spacial score (nSPS) is 17.0. The molecule has 2 heterocycles. The first-order valence-electron chi connectivity index (χ1n) is 12.1. The van der Waals surface area contributed by atoms with Crippen LogP contribution in [0, 0.1) is 6.92 Å². The van der Waals surface area contributed by atoms with Crippen LogP contribution in [-0.4, -0.2) is 51.0 Å². The van der Waals surface area contributed by atoms with Crippen molar-refractivity contribution in [3.63, 3.8) is 0 Å². The topological polar surface area (TPSA) is 93.9 Å². The number of Topliss-reactive ketones (excluding diaryl/α,β-unsaturated/α-hetero) is 1. The van der Waals surface area contributed by atoms with Gasteiger partial charge >= 0.3 is 0 Å². The zero-order chi connectivity index (χ0) is 25.7. The van der Waals surface area contributed by atoms with Gasteiger partial charge in [0.1, 0.15) is 5.76 Å². The Kier molecular flexibility index (Phi) is 7.73. The molecule has 0 aliphatic carbocycles. The summed E-state index contributed by atoms with van der Waals surface area (Å²) >= 11 is 0. The summed E-state index contributed by atoms with van der Waals surface area (Å²) in [4.78, 5) is 32.1. The van der Waals surface area contributed by atoms with Gasteiger partial charge in [-0.15, -0.1) is 0 Å². The summed E-state index contributed by atoms with van der Waals surface area (Å²) in [6.45, 7) is 7.58. The number of amides is 1. The van der Waals surface area contributed by atoms with Crippen LogP contribution in [0.5, 0.6) is 11.5 Å². The molecule has 0 saturated carbocycles. The molecule has 3 aromatic rings. The number of benzene rings is 2. The Morgan fingerprint density at radius 3 is 2.39 bits per heavy atom. The second-order valence-corrected chi connectivity index (χ2v) is 8.58. The minimum absolute atomic E-state index is 0.0677. The number of aryl methyl sites for hydroxylation is 2. The SMILES string of the molecule is CCOc1ccc(C2/C(=C(\O)c3ccc(C)cc3)C(=O)C(=O)N2CCCn2ccnc2)cc1OCC. The van der Waals surface area contributed by atoms with Crippen LogP contribution in [0.1, 0.15) is 43.0 Å². The van der Waals surface area contributed by atoms with Crippen LogP contribution in [0.25, 0.3) is 5.76 Å². The minimum Gasteiger partial charge on any atom is -0.507 e. The summed E-state index contributed by atoms with van der Waals surface area (Å²) in [5, 5.41) is 11.2. The first-order valence-corrected chi connectivity index (χ1v) is 12.1. The van der Waals surface area contributed by atoms with Crippen LogP contribution in [0.4, 0.5) is 0 Å². The molecule has 1 N–H and O–H groups in total. The highest BCUT2D eigenvalue weighted by atomic mass is 16.5. The second kappa shape index (κ2) is 11.1. The molecule has 1 unspecified atom stereocenters. The number of aliphatic hydroxyl groups is 1. The quantitative estimate of drug-likeness (QED) is 0.256. The third-order valence-corrected chi connectivity index (χ3v) is 6.12. The van der Waals surface area contributed by atoms with Crippen LogP contribution < -0.4 is 9.47 Å². The number of imidazole rings is 1. The lowest BCUT2D eigenvalue weighted by atomic mass is 9.94. The first-order chi connectivity index (χ1) is 17.4. The maximum Gasteiger partial charge on any atom is 0.295 e. The van der Waals surface area contributed by atoms with Crippen molar-refractivity contribution in [2.24, 2.45) is 0 Å². The van der Waals surface area contributed by atoms with E-state index >= 15 is 0 Å². The largest absolute Gasteiger partial charge is 0.507 e. The standard InChI is InChI=1S/C28H31N3O5/c1-4-35-22-12-11-21(17-23(22)36-5-2)25-24(26(32)20-9-7-19(3)8-10-20)27(33)28(34)31(25)15-6-14-30-16-13-29-18-30/h7-13,16-18,25,32H,4-6,14-15H2,1-3H3/b26-24+. The smallest absolute Gasteiger partial charge is 0.295 e. The van der Waals surface area contributed by atoms with Crippen molar-refractivity contribution in [2.45, 2.75) is 39.8 Å². The molecule has 8 heteroatoms. The van der Waals surface area contributed by atoms with E-state index in [1.165, 1.54) is 4.90 Å². The second-order valence-electron chi connectivity index (χ2n) is 8.58. The van der Waals surface area contributed by atoms with Gasteiger partial charge in [-0.1, -0.05) is 35.9 Å². The van der Waals surface area contributed by atoms with Crippen LogP contribution >= 0.6 is 0 Å². The highest BCUT2D eigenvalue weighted by molar-refractivity contribution is 6.46. The van der Waals surface area contributed by atoms with E-state index in [2.05, 4.69) is 4.98 Å². The van der Waals surface area contributed by atoms with Crippen molar-refractivity contribution in [1.82, 2.24) is 14.5 Å². The maximum absolute atomic E-state index is 13.3. The molecule has 1 aliphatic rings. The number of nitrogens with zero attached hydrogens (tertiary/aromatic N) is 3. The van der Waals surface area contributed by atoms with Crippen molar-refractivity contribution in [2.75, 3.05) is 19.8 Å². The van der Waals surface area contributed by atoms with E-state index in [0.29, 0.717) is 55.4 Å². The van der Waals surface area contributed by atoms with Crippen LogP contribution in [0.15, 0.2) is 66.8 Å². The lowest BCUT2D eigenvalue weighted by Gasteiger charge is -2.26. The van der Waals surface area contributed by atoms with E-state index in [-0.39, 0.29) is 11.3 Å².